The smallest absolute Gasteiger partial charge is 0.353 e. The highest BCUT2D eigenvalue weighted by molar-refractivity contribution is 7.23. The molecule has 0 bridgehead atoms. The van der Waals surface area contributed by atoms with E-state index in [4.69, 9.17) is 9.72 Å². The summed E-state index contributed by atoms with van der Waals surface area (Å²) < 4.78 is 17.1. The Morgan fingerprint density at radius 2 is 1.44 bits per heavy atom. The first-order chi connectivity index (χ1) is 24.8. The standard InChI is InChI=1S/C41H24N7OSi/c1-44-39-28(21-42-22-43-39)47-40(44)27-12-6-14-29-37(27)48(47)38-30(49-29)18-19-34-36(38)46-35-25(26-13-8-20-45(48)41(26)46)11-7-17-33(35)50(34)31-15-4-2-9-23(31)24-10-3-5-16-32(24)50/h2-22H,1H3/q+3. The van der Waals surface area contributed by atoms with E-state index in [1.54, 1.807) is 6.33 Å². The fraction of sp³-hybridized carbons (Fsp3) is 0.0244. The van der Waals surface area contributed by atoms with E-state index in [1.807, 2.05) is 6.20 Å². The minimum atomic E-state index is -2.83. The quantitative estimate of drug-likeness (QED) is 0.139. The van der Waals surface area contributed by atoms with Crippen molar-refractivity contribution in [2.75, 3.05) is 0 Å². The van der Waals surface area contributed by atoms with E-state index in [0.29, 0.717) is 4.70 Å². The second kappa shape index (κ2) is 7.57. The number of aryl methyl sites for hydroxylation is 1. The van der Waals surface area contributed by atoms with Gasteiger partial charge in [0.05, 0.1) is 23.3 Å². The molecule has 0 N–H and O–H groups in total. The molecule has 8 nitrogen and oxygen atoms in total. The zero-order valence-electron chi connectivity index (χ0n) is 26.7. The Morgan fingerprint density at radius 1 is 0.700 bits per heavy atom. The van der Waals surface area contributed by atoms with Crippen molar-refractivity contribution in [2.24, 2.45) is 7.05 Å². The van der Waals surface area contributed by atoms with Crippen LogP contribution in [-0.4, -0.2) is 27.2 Å². The Balaban J connectivity index is 1.32. The number of aromatic nitrogens is 6. The van der Waals surface area contributed by atoms with Crippen molar-refractivity contribution < 1.29 is 14.1 Å². The van der Waals surface area contributed by atoms with Crippen LogP contribution >= 0.6 is 0 Å². The highest BCUT2D eigenvalue weighted by atomic mass is 28.3. The molecule has 0 saturated carbocycles. The van der Waals surface area contributed by atoms with E-state index in [2.05, 4.69) is 146 Å². The molecule has 0 fully saturated rings. The minimum Gasteiger partial charge on any atom is -0.444 e. The second-order valence-electron chi connectivity index (χ2n) is 14.1. The van der Waals surface area contributed by atoms with E-state index in [-0.39, 0.29) is 0 Å². The predicted molar refractivity (Wildman–Crippen MR) is 194 cm³/mol. The van der Waals surface area contributed by atoms with E-state index in [9.17, 15) is 0 Å². The molecule has 5 aromatic carbocycles. The van der Waals surface area contributed by atoms with Gasteiger partial charge in [0.15, 0.2) is 20.0 Å². The summed E-state index contributed by atoms with van der Waals surface area (Å²) in [6.07, 6.45) is 5.87. The maximum absolute atomic E-state index is 7.05. The molecule has 5 aliphatic heterocycles. The number of hydrogen-bond acceptors (Lipinski definition) is 3. The number of hydrogen-bond donors (Lipinski definition) is 0. The maximum atomic E-state index is 7.05. The summed E-state index contributed by atoms with van der Waals surface area (Å²) in [6.45, 7) is 0. The Hall–Kier alpha value is -6.42. The van der Waals surface area contributed by atoms with E-state index in [0.717, 1.165) is 45.4 Å². The lowest BCUT2D eigenvalue weighted by atomic mass is 10.1. The molecule has 9 heterocycles. The first-order valence-corrected chi connectivity index (χ1v) is 19.0. The molecule has 5 aliphatic rings. The zero-order valence-corrected chi connectivity index (χ0v) is 27.7. The number of pyridine rings is 1. The van der Waals surface area contributed by atoms with Gasteiger partial charge in [-0.25, -0.2) is 9.55 Å². The summed E-state index contributed by atoms with van der Waals surface area (Å²) in [4.78, 5) is 9.44. The molecule has 1 unspecified atom stereocenters. The summed E-state index contributed by atoms with van der Waals surface area (Å²) in [5.74, 6) is 2.79. The molecule has 230 valence electrons. The number of ether oxygens (including phenoxy) is 1. The van der Waals surface area contributed by atoms with Crippen molar-refractivity contribution >= 4 is 73.3 Å². The molecule has 9 aromatic rings. The molecule has 9 heteroatoms. The lowest BCUT2D eigenvalue weighted by Gasteiger charge is -2.39. The van der Waals surface area contributed by atoms with Gasteiger partial charge in [-0.3, -0.25) is 0 Å². The van der Waals surface area contributed by atoms with Gasteiger partial charge in [-0.2, -0.15) is 9.55 Å². The van der Waals surface area contributed by atoms with Crippen molar-refractivity contribution in [3.8, 4) is 39.7 Å². The van der Waals surface area contributed by atoms with Crippen molar-refractivity contribution in [2.45, 2.75) is 0 Å². The zero-order chi connectivity index (χ0) is 32.2. The second-order valence-corrected chi connectivity index (χ2v) is 17.7. The average Bonchev–Trinajstić information content (AvgIpc) is 3.86. The SMILES string of the molecule is Cn1c2[n+](c3cncnc31)[N+]13c4c(cccc4-2)Oc2ccc4c(c21)-n1c2c(cccc2c2ccc[n+]3c21)[Si]41c2ccccc2-c2ccccc21. The first kappa shape index (κ1) is 24.7. The number of imidazole rings is 1. The number of benzene rings is 5. The lowest BCUT2D eigenvalue weighted by Crippen LogP contribution is -2.85. The highest BCUT2D eigenvalue weighted by Crippen LogP contribution is 2.60. The Kier molecular flexibility index (Phi) is 3.74. The summed E-state index contributed by atoms with van der Waals surface area (Å²) in [6, 6.07) is 41.0. The lowest BCUT2D eigenvalue weighted by molar-refractivity contribution is -1.01. The van der Waals surface area contributed by atoms with E-state index < -0.39 is 8.07 Å². The van der Waals surface area contributed by atoms with E-state index >= 15 is 0 Å². The van der Waals surface area contributed by atoms with Gasteiger partial charge in [-0.1, -0.05) is 72.8 Å². The van der Waals surface area contributed by atoms with Crippen molar-refractivity contribution in [3.63, 3.8) is 0 Å². The van der Waals surface area contributed by atoms with Crippen LogP contribution in [-0.2, 0) is 7.05 Å². The van der Waals surface area contributed by atoms with Crippen LogP contribution in [0.15, 0.2) is 128 Å². The fourth-order valence-electron chi connectivity index (χ4n) is 10.7. The van der Waals surface area contributed by atoms with Gasteiger partial charge >= 0.3 is 17.2 Å². The summed E-state index contributed by atoms with van der Waals surface area (Å²) in [5, 5.41) is 8.27. The topological polar surface area (TPSA) is 52.6 Å². The van der Waals surface area contributed by atoms with Crippen LogP contribution in [0, 0.1) is 0 Å². The molecular formula is C41H24N7OSi+3. The van der Waals surface area contributed by atoms with Gasteiger partial charge < -0.3 is 4.74 Å². The molecule has 14 rings (SSSR count). The van der Waals surface area contributed by atoms with Gasteiger partial charge in [0.2, 0.25) is 11.4 Å². The van der Waals surface area contributed by atoms with Crippen LogP contribution in [0.25, 0.3) is 61.3 Å². The van der Waals surface area contributed by atoms with Gasteiger partial charge in [-0.15, -0.1) is 0 Å². The molecular weight excluding hydrogens is 635 g/mol. The summed E-state index contributed by atoms with van der Waals surface area (Å²) in [7, 11) is -0.716. The molecule has 0 amide bonds. The molecule has 0 saturated heterocycles. The van der Waals surface area contributed by atoms with Crippen LogP contribution in [0.5, 0.6) is 11.5 Å². The average molecular weight is 659 g/mol. The van der Waals surface area contributed by atoms with Crippen molar-refractivity contribution in [1.82, 2.24) is 23.8 Å². The van der Waals surface area contributed by atoms with Crippen LogP contribution in [0.3, 0.4) is 0 Å². The molecule has 1 atom stereocenters. The molecule has 4 aromatic heterocycles. The molecule has 2 spiro atoms. The summed E-state index contributed by atoms with van der Waals surface area (Å²) in [5.41, 5.74) is 11.6. The molecule has 0 radical (unpaired) electrons. The van der Waals surface area contributed by atoms with Crippen LogP contribution in [0.4, 0.5) is 11.4 Å². The third kappa shape index (κ3) is 2.17. The van der Waals surface area contributed by atoms with E-state index in [1.165, 1.54) is 59.5 Å². The van der Waals surface area contributed by atoms with Crippen LogP contribution in [0.1, 0.15) is 0 Å². The molecule has 50 heavy (non-hydrogen) atoms. The van der Waals surface area contributed by atoms with Crippen molar-refractivity contribution in [1.29, 1.82) is 0 Å². The number of fused-ring (bicyclic) bond motifs is 12. The predicted octanol–water partition coefficient (Wildman–Crippen LogP) is 4.28. The Bertz CT molecular complexity index is 3130. The minimum absolute atomic E-state index is 0.292. The Labute approximate surface area is 285 Å². The number of rotatable bonds is 0. The van der Waals surface area contributed by atoms with Gasteiger partial charge in [0.25, 0.3) is 16.9 Å². The van der Waals surface area contributed by atoms with Gasteiger partial charge in [-0.05, 0) is 62.6 Å². The van der Waals surface area contributed by atoms with Gasteiger partial charge in [0.1, 0.15) is 17.4 Å². The highest BCUT2D eigenvalue weighted by Gasteiger charge is 2.71. The van der Waals surface area contributed by atoms with Gasteiger partial charge in [0, 0.05) is 20.4 Å². The van der Waals surface area contributed by atoms with Crippen LogP contribution < -0.4 is 39.5 Å². The largest absolute Gasteiger partial charge is 0.444 e. The van der Waals surface area contributed by atoms with Crippen LogP contribution in [0.2, 0.25) is 0 Å². The number of quaternary nitrogens is 1. The maximum Gasteiger partial charge on any atom is 0.353 e. The number of para-hydroxylation sites is 2. The first-order valence-electron chi connectivity index (χ1n) is 17.0. The number of nitrogens with zero attached hydrogens (tertiary/aromatic N) is 7. The summed E-state index contributed by atoms with van der Waals surface area (Å²) >= 11 is 0. The third-order valence-electron chi connectivity index (χ3n) is 12.2. The fourth-order valence-corrected chi connectivity index (χ4v) is 16.3. The Morgan fingerprint density at radius 3 is 2.30 bits per heavy atom. The monoisotopic (exact) mass is 658 g/mol. The normalized spacial score (nSPS) is 18.1. The van der Waals surface area contributed by atoms with Crippen molar-refractivity contribution in [3.05, 3.63) is 128 Å². The molecule has 0 aliphatic carbocycles. The third-order valence-corrected chi connectivity index (χ3v) is 17.1.